The number of amides is 2. The van der Waals surface area contributed by atoms with Gasteiger partial charge in [-0.3, -0.25) is 4.98 Å². The van der Waals surface area contributed by atoms with Crippen LogP contribution in [0.2, 0.25) is 0 Å². The van der Waals surface area contributed by atoms with E-state index in [4.69, 9.17) is 0 Å². The Kier molecular flexibility index (Phi) is 9.94. The molecule has 1 saturated heterocycles. The second kappa shape index (κ2) is 13.3. The van der Waals surface area contributed by atoms with E-state index < -0.39 is 10.0 Å². The Morgan fingerprint density at radius 2 is 1.70 bits per heavy atom. The molecule has 4 rings (SSSR count). The summed E-state index contributed by atoms with van der Waals surface area (Å²) in [6.07, 6.45) is 16.2. The van der Waals surface area contributed by atoms with Gasteiger partial charge < -0.3 is 16.0 Å². The quantitative estimate of drug-likeness (QED) is 0.413. The van der Waals surface area contributed by atoms with Crippen LogP contribution in [-0.2, 0) is 16.6 Å². The summed E-state index contributed by atoms with van der Waals surface area (Å²) in [5.41, 5.74) is 1.72. The van der Waals surface area contributed by atoms with Crippen molar-refractivity contribution in [1.82, 2.24) is 20.3 Å². The largest absolute Gasteiger partial charge is 0.334 e. The van der Waals surface area contributed by atoms with Gasteiger partial charge in [-0.2, -0.15) is 0 Å². The number of aromatic nitrogens is 1. The van der Waals surface area contributed by atoms with Gasteiger partial charge in [-0.25, -0.2) is 17.9 Å². The van der Waals surface area contributed by atoms with Gasteiger partial charge in [-0.05, 0) is 73.0 Å². The molecule has 9 heteroatoms. The molecule has 1 aromatic carbocycles. The second-order valence-corrected chi connectivity index (χ2v) is 12.5. The third kappa shape index (κ3) is 8.51. The number of carbonyl (C=O) groups is 1. The maximum atomic E-state index is 13.0. The van der Waals surface area contributed by atoms with Gasteiger partial charge in [0.2, 0.25) is 10.0 Å². The first-order valence-electron chi connectivity index (χ1n) is 13.7. The molecule has 202 valence electrons. The normalized spacial score (nSPS) is 20.7. The highest BCUT2D eigenvalue weighted by Crippen LogP contribution is 2.40. The van der Waals surface area contributed by atoms with Gasteiger partial charge in [0, 0.05) is 37.7 Å². The third-order valence-corrected chi connectivity index (χ3v) is 9.17. The van der Waals surface area contributed by atoms with Gasteiger partial charge in [-0.1, -0.05) is 51.0 Å². The average molecular weight is 528 g/mol. The molecule has 8 nitrogen and oxygen atoms in total. The van der Waals surface area contributed by atoms with Crippen LogP contribution in [0.5, 0.6) is 0 Å². The first kappa shape index (κ1) is 27.5. The zero-order valence-electron chi connectivity index (χ0n) is 21.7. The molecule has 1 aromatic heterocycles. The molecule has 1 unspecified atom stereocenters. The molecule has 1 aliphatic carbocycles. The van der Waals surface area contributed by atoms with Crippen molar-refractivity contribution in [3.8, 4) is 0 Å². The molecule has 0 radical (unpaired) electrons. The number of carbonyl (C=O) groups excluding carboxylic acids is 1. The van der Waals surface area contributed by atoms with E-state index in [0.717, 1.165) is 25.1 Å². The van der Waals surface area contributed by atoms with Crippen LogP contribution in [0.4, 0.5) is 10.5 Å². The van der Waals surface area contributed by atoms with Gasteiger partial charge >= 0.3 is 6.03 Å². The summed E-state index contributed by atoms with van der Waals surface area (Å²) in [7, 11) is -3.63. The summed E-state index contributed by atoms with van der Waals surface area (Å²) in [5, 5.41) is 9.11. The smallest absolute Gasteiger partial charge is 0.319 e. The zero-order chi connectivity index (χ0) is 26.0. The molecular formula is C28H41N5O3S. The number of piperidine rings is 1. The molecule has 2 heterocycles. The Labute approximate surface area is 221 Å². The van der Waals surface area contributed by atoms with E-state index >= 15 is 0 Å². The number of urea groups is 1. The molecule has 2 aliphatic rings. The Balaban J connectivity index is 1.27. The van der Waals surface area contributed by atoms with Crippen LogP contribution in [0, 0.1) is 11.3 Å². The molecular weight excluding hydrogens is 486 g/mol. The molecule has 1 spiro atoms. The number of benzene rings is 1. The van der Waals surface area contributed by atoms with Gasteiger partial charge in [0.25, 0.3) is 0 Å². The summed E-state index contributed by atoms with van der Waals surface area (Å²) in [6, 6.07) is 9.60. The van der Waals surface area contributed by atoms with E-state index in [1.165, 1.54) is 69.9 Å². The molecule has 37 heavy (non-hydrogen) atoms. The summed E-state index contributed by atoms with van der Waals surface area (Å²) < 4.78 is 28.8. The second-order valence-electron chi connectivity index (χ2n) is 10.7. The van der Waals surface area contributed by atoms with Crippen molar-refractivity contribution in [2.75, 3.05) is 25.0 Å². The van der Waals surface area contributed by atoms with Crippen molar-refractivity contribution in [2.45, 2.75) is 75.6 Å². The van der Waals surface area contributed by atoms with Crippen LogP contribution in [0.15, 0.2) is 53.7 Å². The van der Waals surface area contributed by atoms with Crippen molar-refractivity contribution in [1.29, 1.82) is 0 Å². The number of nitrogens with zero attached hydrogens (tertiary/aromatic N) is 1. The highest BCUT2D eigenvalue weighted by atomic mass is 32.2. The van der Waals surface area contributed by atoms with Crippen LogP contribution >= 0.6 is 0 Å². The van der Waals surface area contributed by atoms with E-state index in [-0.39, 0.29) is 16.8 Å². The fourth-order valence-electron chi connectivity index (χ4n) is 5.72. The van der Waals surface area contributed by atoms with Crippen LogP contribution < -0.4 is 20.7 Å². The highest BCUT2D eigenvalue weighted by Gasteiger charge is 2.36. The molecule has 2 fully saturated rings. The minimum absolute atomic E-state index is 0.200. The zero-order valence-corrected chi connectivity index (χ0v) is 22.5. The average Bonchev–Trinajstić information content (AvgIpc) is 2.91. The van der Waals surface area contributed by atoms with Crippen molar-refractivity contribution < 1.29 is 13.2 Å². The topological polar surface area (TPSA) is 112 Å². The van der Waals surface area contributed by atoms with Gasteiger partial charge in [-0.15, -0.1) is 0 Å². The Hall–Kier alpha value is -2.49. The predicted octanol–water partition coefficient (Wildman–Crippen LogP) is 4.80. The number of pyridine rings is 1. The lowest BCUT2D eigenvalue weighted by Crippen LogP contribution is -2.48. The third-order valence-electron chi connectivity index (χ3n) is 7.73. The summed E-state index contributed by atoms with van der Waals surface area (Å²) in [5.74, 6) is 0.288. The Morgan fingerprint density at radius 1 is 1.00 bits per heavy atom. The van der Waals surface area contributed by atoms with Gasteiger partial charge in [0.15, 0.2) is 0 Å². The fraction of sp³-hybridized carbons (Fsp3) is 0.571. The lowest BCUT2D eigenvalue weighted by Gasteiger charge is -2.42. The van der Waals surface area contributed by atoms with Gasteiger partial charge in [0.05, 0.1) is 4.90 Å². The van der Waals surface area contributed by atoms with Crippen molar-refractivity contribution in [3.63, 3.8) is 0 Å². The maximum Gasteiger partial charge on any atom is 0.319 e. The minimum atomic E-state index is -3.63. The number of sulfonamides is 1. The van der Waals surface area contributed by atoms with Crippen molar-refractivity contribution in [3.05, 3.63) is 54.4 Å². The minimum Gasteiger partial charge on any atom is -0.334 e. The molecule has 1 saturated carbocycles. The van der Waals surface area contributed by atoms with Crippen LogP contribution in [0.25, 0.3) is 0 Å². The molecule has 0 bridgehead atoms. The summed E-state index contributed by atoms with van der Waals surface area (Å²) in [4.78, 5) is 16.4. The van der Waals surface area contributed by atoms with E-state index in [2.05, 4.69) is 25.7 Å². The molecule has 4 N–H and O–H groups in total. The van der Waals surface area contributed by atoms with Crippen molar-refractivity contribution >= 4 is 21.7 Å². The molecule has 1 atom stereocenters. The van der Waals surface area contributed by atoms with E-state index in [9.17, 15) is 13.2 Å². The van der Waals surface area contributed by atoms with Gasteiger partial charge in [0.1, 0.15) is 0 Å². The van der Waals surface area contributed by atoms with Crippen LogP contribution in [0.1, 0.15) is 69.8 Å². The standard InChI is InChI=1S/C28H41N5O3S/c34-27(31-20-23-9-8-16-29-18-23)33-25-10-12-26(13-11-25)37(35,36)32-21-24-17-28(22-30-19-24)14-6-4-2-1-3-5-7-15-28/h8-13,16,18,24,30,32H,1-7,14-15,17,19-22H2,(H2,31,33,34). The lowest BCUT2D eigenvalue weighted by molar-refractivity contribution is 0.123. The van der Waals surface area contributed by atoms with Crippen LogP contribution in [-0.4, -0.2) is 39.1 Å². The Morgan fingerprint density at radius 3 is 2.38 bits per heavy atom. The number of hydrogen-bond acceptors (Lipinski definition) is 5. The SMILES string of the molecule is O=C(NCc1cccnc1)Nc1ccc(S(=O)(=O)NCC2CNCC3(CCCCCCCCC3)C2)cc1. The van der Waals surface area contributed by atoms with E-state index in [1.54, 1.807) is 24.5 Å². The maximum absolute atomic E-state index is 13.0. The highest BCUT2D eigenvalue weighted by molar-refractivity contribution is 7.89. The lowest BCUT2D eigenvalue weighted by atomic mass is 9.69. The van der Waals surface area contributed by atoms with Crippen LogP contribution in [0.3, 0.4) is 0 Å². The number of nitrogens with one attached hydrogen (secondary N) is 4. The molecule has 2 aromatic rings. The summed E-state index contributed by atoms with van der Waals surface area (Å²) >= 11 is 0. The number of rotatable bonds is 7. The molecule has 2 amide bonds. The first-order chi connectivity index (χ1) is 17.9. The molecule has 1 aliphatic heterocycles. The van der Waals surface area contributed by atoms with E-state index in [1.807, 2.05) is 12.1 Å². The summed E-state index contributed by atoms with van der Waals surface area (Å²) in [6.45, 7) is 2.70. The fourth-order valence-corrected chi connectivity index (χ4v) is 6.84. The first-order valence-corrected chi connectivity index (χ1v) is 15.2. The number of hydrogen-bond donors (Lipinski definition) is 4. The predicted molar refractivity (Wildman–Crippen MR) is 147 cm³/mol. The van der Waals surface area contributed by atoms with Crippen molar-refractivity contribution in [2.24, 2.45) is 11.3 Å². The number of anilines is 1. The van der Waals surface area contributed by atoms with E-state index in [0.29, 0.717) is 24.2 Å². The monoisotopic (exact) mass is 527 g/mol. The Bertz CT molecular complexity index is 1080.